The van der Waals surface area contributed by atoms with Crippen LogP contribution in [0.2, 0.25) is 0 Å². The molecule has 3 rings (SSSR count). The normalized spacial score (nSPS) is 10.4. The lowest BCUT2D eigenvalue weighted by molar-refractivity contribution is -0.118. The number of para-hydroxylation sites is 1. The summed E-state index contributed by atoms with van der Waals surface area (Å²) in [6.45, 7) is 3.94. The standard InChI is InChI=1S/C22H22N2O2S/c1-16-5-3-6-17(2)22(16)26-14-21(25)24-19-8-10-20(11-9-19)27-15-18-7-4-12-23-13-18/h3-13H,14-15H2,1-2H3,(H,24,25). The van der Waals surface area contributed by atoms with E-state index >= 15 is 0 Å². The van der Waals surface area contributed by atoms with Crippen LogP contribution in [-0.2, 0) is 10.5 Å². The Morgan fingerprint density at radius 2 is 1.78 bits per heavy atom. The van der Waals surface area contributed by atoms with Crippen LogP contribution in [0.4, 0.5) is 5.69 Å². The summed E-state index contributed by atoms with van der Waals surface area (Å²) in [4.78, 5) is 17.4. The number of aromatic nitrogens is 1. The van der Waals surface area contributed by atoms with Crippen LogP contribution in [0.1, 0.15) is 16.7 Å². The van der Waals surface area contributed by atoms with E-state index in [9.17, 15) is 4.79 Å². The number of ether oxygens (including phenoxy) is 1. The summed E-state index contributed by atoms with van der Waals surface area (Å²) < 4.78 is 5.69. The highest BCUT2D eigenvalue weighted by Crippen LogP contribution is 2.24. The van der Waals surface area contributed by atoms with Crippen molar-refractivity contribution in [1.29, 1.82) is 0 Å². The predicted molar refractivity (Wildman–Crippen MR) is 110 cm³/mol. The minimum absolute atomic E-state index is 0.0107. The maximum absolute atomic E-state index is 12.2. The molecular weight excluding hydrogens is 356 g/mol. The third-order valence-corrected chi connectivity index (χ3v) is 5.11. The molecule has 0 aliphatic carbocycles. The highest BCUT2D eigenvalue weighted by Gasteiger charge is 2.08. The SMILES string of the molecule is Cc1cccc(C)c1OCC(=O)Nc1ccc(SCc2cccnc2)cc1. The van der Waals surface area contributed by atoms with E-state index in [1.807, 2.05) is 68.6 Å². The fourth-order valence-corrected chi connectivity index (χ4v) is 3.48. The highest BCUT2D eigenvalue weighted by atomic mass is 32.2. The third kappa shape index (κ3) is 5.59. The lowest BCUT2D eigenvalue weighted by Gasteiger charge is -2.12. The van der Waals surface area contributed by atoms with E-state index in [2.05, 4.69) is 16.4 Å². The number of hydrogen-bond donors (Lipinski definition) is 1. The van der Waals surface area contributed by atoms with Crippen LogP contribution in [-0.4, -0.2) is 17.5 Å². The van der Waals surface area contributed by atoms with E-state index in [0.717, 1.165) is 33.2 Å². The second-order valence-corrected chi connectivity index (χ2v) is 7.28. The molecule has 5 heteroatoms. The molecule has 0 bridgehead atoms. The van der Waals surface area contributed by atoms with Gasteiger partial charge in [0.25, 0.3) is 5.91 Å². The molecule has 0 aliphatic heterocycles. The van der Waals surface area contributed by atoms with Gasteiger partial charge in [-0.2, -0.15) is 0 Å². The number of carbonyl (C=O) groups is 1. The molecule has 1 aromatic heterocycles. The monoisotopic (exact) mass is 378 g/mol. The van der Waals surface area contributed by atoms with Crippen molar-refractivity contribution in [2.24, 2.45) is 0 Å². The fraction of sp³-hybridized carbons (Fsp3) is 0.182. The number of hydrogen-bond acceptors (Lipinski definition) is 4. The molecule has 0 atom stereocenters. The molecule has 0 saturated heterocycles. The van der Waals surface area contributed by atoms with Crippen LogP contribution in [0, 0.1) is 13.8 Å². The summed E-state index contributed by atoms with van der Waals surface area (Å²) in [5.41, 5.74) is 4.00. The number of aryl methyl sites for hydroxylation is 2. The molecule has 3 aromatic rings. The molecule has 138 valence electrons. The van der Waals surface area contributed by atoms with Crippen molar-refractivity contribution >= 4 is 23.4 Å². The topological polar surface area (TPSA) is 51.2 Å². The van der Waals surface area contributed by atoms with E-state index in [1.54, 1.807) is 18.0 Å². The predicted octanol–water partition coefficient (Wildman–Crippen LogP) is 5.01. The van der Waals surface area contributed by atoms with Gasteiger partial charge in [-0.05, 0) is 60.9 Å². The van der Waals surface area contributed by atoms with Gasteiger partial charge in [0, 0.05) is 28.7 Å². The maximum atomic E-state index is 12.2. The lowest BCUT2D eigenvalue weighted by atomic mass is 10.1. The number of pyridine rings is 1. The van der Waals surface area contributed by atoms with Gasteiger partial charge in [-0.25, -0.2) is 0 Å². The van der Waals surface area contributed by atoms with Crippen LogP contribution >= 0.6 is 11.8 Å². The van der Waals surface area contributed by atoms with Crippen LogP contribution in [0.3, 0.4) is 0 Å². The Kier molecular flexibility index (Phi) is 6.49. The van der Waals surface area contributed by atoms with Crippen molar-refractivity contribution in [3.8, 4) is 5.75 Å². The van der Waals surface area contributed by atoms with Gasteiger partial charge in [0.15, 0.2) is 6.61 Å². The number of carbonyl (C=O) groups excluding carboxylic acids is 1. The molecule has 1 amide bonds. The van der Waals surface area contributed by atoms with E-state index in [1.165, 1.54) is 5.56 Å². The number of anilines is 1. The van der Waals surface area contributed by atoms with Crippen molar-refractivity contribution in [1.82, 2.24) is 4.98 Å². The Bertz CT molecular complexity index is 876. The number of nitrogens with one attached hydrogen (secondary N) is 1. The molecule has 27 heavy (non-hydrogen) atoms. The summed E-state index contributed by atoms with van der Waals surface area (Å²) in [6, 6.07) is 17.7. The van der Waals surface area contributed by atoms with E-state index < -0.39 is 0 Å². The first-order valence-corrected chi connectivity index (χ1v) is 9.71. The average molecular weight is 378 g/mol. The van der Waals surface area contributed by atoms with Crippen molar-refractivity contribution in [2.45, 2.75) is 24.5 Å². The number of rotatable bonds is 7. The first-order chi connectivity index (χ1) is 13.1. The minimum Gasteiger partial charge on any atom is -0.483 e. The zero-order valence-corrected chi connectivity index (χ0v) is 16.3. The number of nitrogens with zero attached hydrogens (tertiary/aromatic N) is 1. The Morgan fingerprint density at radius 1 is 1.04 bits per heavy atom. The Labute approximate surface area is 164 Å². The van der Waals surface area contributed by atoms with Crippen molar-refractivity contribution in [3.05, 3.63) is 83.7 Å². The number of amides is 1. The number of thioether (sulfide) groups is 1. The molecule has 2 aromatic carbocycles. The van der Waals surface area contributed by atoms with Gasteiger partial charge in [-0.3, -0.25) is 9.78 Å². The highest BCUT2D eigenvalue weighted by molar-refractivity contribution is 7.98. The summed E-state index contributed by atoms with van der Waals surface area (Å²) in [7, 11) is 0. The van der Waals surface area contributed by atoms with Crippen molar-refractivity contribution in [2.75, 3.05) is 11.9 Å². The molecule has 1 heterocycles. The van der Waals surface area contributed by atoms with Gasteiger partial charge >= 0.3 is 0 Å². The molecule has 4 nitrogen and oxygen atoms in total. The van der Waals surface area contributed by atoms with Gasteiger partial charge in [0.05, 0.1) is 0 Å². The molecule has 0 radical (unpaired) electrons. The molecule has 1 N–H and O–H groups in total. The zero-order chi connectivity index (χ0) is 19.1. The smallest absolute Gasteiger partial charge is 0.262 e. The Morgan fingerprint density at radius 3 is 2.44 bits per heavy atom. The minimum atomic E-state index is -0.173. The largest absolute Gasteiger partial charge is 0.483 e. The quantitative estimate of drug-likeness (QED) is 0.587. The average Bonchev–Trinajstić information content (AvgIpc) is 2.68. The zero-order valence-electron chi connectivity index (χ0n) is 15.4. The fourth-order valence-electron chi connectivity index (χ4n) is 2.65. The van der Waals surface area contributed by atoms with Gasteiger partial charge in [0.2, 0.25) is 0 Å². The molecule has 0 spiro atoms. The first kappa shape index (κ1) is 19.0. The van der Waals surface area contributed by atoms with E-state index in [-0.39, 0.29) is 12.5 Å². The second-order valence-electron chi connectivity index (χ2n) is 6.23. The van der Waals surface area contributed by atoms with Crippen LogP contribution in [0.5, 0.6) is 5.75 Å². The van der Waals surface area contributed by atoms with Crippen molar-refractivity contribution < 1.29 is 9.53 Å². The van der Waals surface area contributed by atoms with Gasteiger partial charge in [-0.1, -0.05) is 24.3 Å². The summed E-state index contributed by atoms with van der Waals surface area (Å²) in [6.07, 6.45) is 3.65. The van der Waals surface area contributed by atoms with Gasteiger partial charge < -0.3 is 10.1 Å². The first-order valence-electron chi connectivity index (χ1n) is 8.72. The second kappa shape index (κ2) is 9.24. The molecule has 0 saturated carbocycles. The van der Waals surface area contributed by atoms with Crippen LogP contribution < -0.4 is 10.1 Å². The van der Waals surface area contributed by atoms with Gasteiger partial charge in [-0.15, -0.1) is 11.8 Å². The molecule has 0 fully saturated rings. The van der Waals surface area contributed by atoms with Crippen LogP contribution in [0.25, 0.3) is 0 Å². The van der Waals surface area contributed by atoms with Gasteiger partial charge in [0.1, 0.15) is 5.75 Å². The summed E-state index contributed by atoms with van der Waals surface area (Å²) in [5.74, 6) is 1.46. The maximum Gasteiger partial charge on any atom is 0.262 e. The Balaban J connectivity index is 1.49. The molecule has 0 aliphatic rings. The third-order valence-electron chi connectivity index (χ3n) is 4.02. The van der Waals surface area contributed by atoms with E-state index in [0.29, 0.717) is 0 Å². The molecular formula is C22H22N2O2S. The lowest BCUT2D eigenvalue weighted by Crippen LogP contribution is -2.20. The Hall–Kier alpha value is -2.79. The summed E-state index contributed by atoms with van der Waals surface area (Å²) >= 11 is 1.73. The van der Waals surface area contributed by atoms with Crippen molar-refractivity contribution in [3.63, 3.8) is 0 Å². The summed E-state index contributed by atoms with van der Waals surface area (Å²) in [5, 5.41) is 2.87. The molecule has 0 unspecified atom stereocenters. The number of benzene rings is 2. The van der Waals surface area contributed by atoms with Crippen LogP contribution in [0.15, 0.2) is 71.9 Å². The van der Waals surface area contributed by atoms with E-state index in [4.69, 9.17) is 4.74 Å².